The molecule has 0 saturated carbocycles. The highest BCUT2D eigenvalue weighted by molar-refractivity contribution is 7.85. The van der Waals surface area contributed by atoms with Crippen LogP contribution in [0.25, 0.3) is 0 Å². The number of unbranched alkanes of at least 4 members (excludes halogenated alkanes) is 12. The summed E-state index contributed by atoms with van der Waals surface area (Å²) in [5.74, 6) is 2.99. The second-order valence-electron chi connectivity index (χ2n) is 19.9. The molecule has 4 atom stereocenters. The van der Waals surface area contributed by atoms with Crippen molar-refractivity contribution in [3.63, 3.8) is 0 Å². The maximum atomic E-state index is 12.0. The number of ether oxygens (including phenoxy) is 8. The molecule has 0 aliphatic carbocycles. The number of benzene rings is 4. The highest BCUT2D eigenvalue weighted by Crippen LogP contribution is 2.51. The number of aliphatic hydroxyl groups excluding tert-OH is 1. The third-order valence-electron chi connectivity index (χ3n) is 14.5. The summed E-state index contributed by atoms with van der Waals surface area (Å²) in [6.07, 6.45) is 18.4. The predicted octanol–water partition coefficient (Wildman–Crippen LogP) is 12.0. The lowest BCUT2D eigenvalue weighted by atomic mass is 9.66. The van der Waals surface area contributed by atoms with Crippen molar-refractivity contribution < 1.29 is 65.2 Å². The first-order valence-electron chi connectivity index (χ1n) is 26.3. The fraction of sp³-hybridized carbons (Fsp3) is 0.559. The molecule has 0 aromatic heterocycles. The van der Waals surface area contributed by atoms with Gasteiger partial charge in [0, 0.05) is 55.6 Å². The number of carbonyl (C=O) groups is 2. The van der Waals surface area contributed by atoms with Gasteiger partial charge >= 0.3 is 11.9 Å². The Bertz CT molecular complexity index is 2420. The highest BCUT2D eigenvalue weighted by atomic mass is 32.2. The normalized spacial score (nSPS) is 18.9. The van der Waals surface area contributed by atoms with Gasteiger partial charge in [0.2, 0.25) is 0 Å². The van der Waals surface area contributed by atoms with Crippen molar-refractivity contribution in [2.24, 2.45) is 0 Å². The first-order chi connectivity index (χ1) is 35.7. The molecule has 0 radical (unpaired) electrons. The topological polar surface area (TPSA) is 172 Å². The lowest BCUT2D eigenvalue weighted by molar-refractivity contribution is 0.0505. The van der Waals surface area contributed by atoms with Gasteiger partial charge in [-0.15, -0.1) is 0 Å². The second-order valence-corrected chi connectivity index (χ2v) is 21.6. The zero-order chi connectivity index (χ0) is 53.4. The molecule has 2 aliphatic heterocycles. The van der Waals surface area contributed by atoms with Crippen molar-refractivity contribution in [1.29, 1.82) is 0 Å². The average molecular weight is 1050 g/mol. The zero-order valence-electron chi connectivity index (χ0n) is 45.0. The molecule has 4 aromatic rings. The Morgan fingerprint density at radius 3 is 1.30 bits per heavy atom. The average Bonchev–Trinajstić information content (AvgIpc) is 3.41. The molecule has 0 saturated heterocycles. The molecular formula is C59H82O14S. The van der Waals surface area contributed by atoms with Crippen LogP contribution in [-0.4, -0.2) is 100 Å². The number of hydrogen-bond acceptors (Lipinski definition) is 14. The third-order valence-corrected chi connectivity index (χ3v) is 15.1. The summed E-state index contributed by atoms with van der Waals surface area (Å²) in [4.78, 5) is 23.9. The van der Waals surface area contributed by atoms with Gasteiger partial charge in [0.25, 0.3) is 10.1 Å². The molecule has 0 unspecified atom stereocenters. The van der Waals surface area contributed by atoms with E-state index in [9.17, 15) is 18.0 Å². The Labute approximate surface area is 440 Å². The van der Waals surface area contributed by atoms with E-state index in [1.807, 2.05) is 72.8 Å². The molecule has 15 heteroatoms. The molecule has 6 rings (SSSR count). The van der Waals surface area contributed by atoms with Crippen LogP contribution >= 0.6 is 0 Å². The maximum Gasteiger partial charge on any atom is 0.337 e. The van der Waals surface area contributed by atoms with E-state index in [1.54, 1.807) is 14.2 Å². The maximum absolute atomic E-state index is 12.0. The van der Waals surface area contributed by atoms with Crippen molar-refractivity contribution in [3.8, 4) is 23.0 Å². The van der Waals surface area contributed by atoms with Gasteiger partial charge in [0.1, 0.15) is 23.0 Å². The van der Waals surface area contributed by atoms with Crippen LogP contribution in [0.3, 0.4) is 0 Å². The Morgan fingerprint density at radius 1 is 0.554 bits per heavy atom. The van der Waals surface area contributed by atoms with Gasteiger partial charge in [-0.05, 0) is 84.3 Å². The number of aliphatic hydroxyl groups is 1. The molecule has 0 fully saturated rings. The largest absolute Gasteiger partial charge is 0.492 e. The summed E-state index contributed by atoms with van der Waals surface area (Å²) in [7, 11) is 2.64. The van der Waals surface area contributed by atoms with Gasteiger partial charge in [-0.3, -0.25) is 4.18 Å². The minimum atomic E-state index is -3.35. The first kappa shape index (κ1) is 59.7. The molecule has 4 aromatic carbocycles. The van der Waals surface area contributed by atoms with Crippen LogP contribution in [0.4, 0.5) is 0 Å². The van der Waals surface area contributed by atoms with Crippen LogP contribution in [0.2, 0.25) is 0 Å². The van der Waals surface area contributed by atoms with E-state index < -0.39 is 10.1 Å². The molecule has 0 spiro atoms. The zero-order valence-corrected chi connectivity index (χ0v) is 45.8. The van der Waals surface area contributed by atoms with E-state index in [0.29, 0.717) is 36.7 Å². The van der Waals surface area contributed by atoms with Crippen LogP contribution in [0.5, 0.6) is 23.0 Å². The molecular weight excluding hydrogens is 965 g/mol. The van der Waals surface area contributed by atoms with Gasteiger partial charge < -0.3 is 43.0 Å². The molecule has 74 heavy (non-hydrogen) atoms. The van der Waals surface area contributed by atoms with Gasteiger partial charge in [-0.2, -0.15) is 8.42 Å². The number of hydrogen-bond donors (Lipinski definition) is 1. The Hall–Kier alpha value is -5.19. The van der Waals surface area contributed by atoms with E-state index in [1.165, 1.54) is 45.5 Å². The number of fused-ring (bicyclic) bond motifs is 2. The molecule has 2 heterocycles. The molecule has 14 nitrogen and oxygen atoms in total. The second kappa shape index (κ2) is 30.4. The lowest BCUT2D eigenvalue weighted by Gasteiger charge is -2.43. The van der Waals surface area contributed by atoms with Gasteiger partial charge in [-0.1, -0.05) is 127 Å². The number of methoxy groups -OCH3 is 4. The van der Waals surface area contributed by atoms with Crippen LogP contribution < -0.4 is 18.9 Å². The lowest BCUT2D eigenvalue weighted by Crippen LogP contribution is -2.40. The summed E-state index contributed by atoms with van der Waals surface area (Å²) < 4.78 is 70.5. The SMILES string of the molecule is COCOc1ccc2c(c1)OC[C@](C)(c1ccc(C(=O)OC)cc1)[C@@H]2CCCCCCCCCO.COCOc1ccc2c(c1)OC[C@](C)(c1ccc(C(=O)OC)cc1)[C@@H]2CCCCCCCCCOS(C)(=O)=O. The van der Waals surface area contributed by atoms with Gasteiger partial charge in [-0.25, -0.2) is 9.59 Å². The summed E-state index contributed by atoms with van der Waals surface area (Å²) in [5, 5.41) is 8.94. The van der Waals surface area contributed by atoms with E-state index in [2.05, 4.69) is 26.0 Å². The fourth-order valence-electron chi connectivity index (χ4n) is 10.2. The Morgan fingerprint density at radius 2 is 0.932 bits per heavy atom. The van der Waals surface area contributed by atoms with E-state index in [4.69, 9.17) is 47.2 Å². The van der Waals surface area contributed by atoms with Crippen LogP contribution in [0.1, 0.15) is 171 Å². The molecule has 2 aliphatic rings. The van der Waals surface area contributed by atoms with Crippen LogP contribution in [-0.2, 0) is 44.1 Å². The Kier molecular flexibility index (Phi) is 24.5. The molecule has 0 bridgehead atoms. The standard InChI is InChI=1S/C30H42O8S.C29H40O6/c1-30(24-15-13-23(14-16-24)29(31)35-3)21-36-28-20-25(37-22-34-2)17-18-26(28)27(30)12-10-8-6-5-7-9-11-19-38-39(4,32)33;1-29(23-14-12-22(13-15-23)28(31)33-3)20-34-27-19-24(35-21-32-2)16-17-25(27)26(29)11-9-7-5-4-6-8-10-18-30/h13-18,20,27H,5-12,19,21-22H2,1-4H3;12-17,19,26,30H,4-11,18,20-21H2,1-3H3/t27-,30-;26-,29-/m11/s1. The van der Waals surface area contributed by atoms with Gasteiger partial charge in [0.05, 0.1) is 51.4 Å². The molecule has 0 amide bonds. The van der Waals surface area contributed by atoms with Crippen molar-refractivity contribution in [1.82, 2.24) is 0 Å². The fourth-order valence-corrected chi connectivity index (χ4v) is 10.7. The highest BCUT2D eigenvalue weighted by Gasteiger charge is 2.44. The van der Waals surface area contributed by atoms with Crippen LogP contribution in [0.15, 0.2) is 84.9 Å². The summed E-state index contributed by atoms with van der Waals surface area (Å²) in [5.41, 5.74) is 5.23. The summed E-state index contributed by atoms with van der Waals surface area (Å²) >= 11 is 0. The van der Waals surface area contributed by atoms with E-state index in [0.717, 1.165) is 117 Å². The smallest absolute Gasteiger partial charge is 0.337 e. The number of esters is 2. The minimum Gasteiger partial charge on any atom is -0.492 e. The number of carbonyl (C=O) groups excluding carboxylic acids is 2. The minimum absolute atomic E-state index is 0.178. The quantitative estimate of drug-likeness (QED) is 0.0226. The first-order valence-corrected chi connectivity index (χ1v) is 28.1. The predicted molar refractivity (Wildman–Crippen MR) is 286 cm³/mol. The van der Waals surface area contributed by atoms with E-state index in [-0.39, 0.29) is 54.8 Å². The molecule has 408 valence electrons. The van der Waals surface area contributed by atoms with Gasteiger partial charge in [0.15, 0.2) is 13.6 Å². The van der Waals surface area contributed by atoms with Crippen molar-refractivity contribution in [2.75, 3.05) is 74.7 Å². The van der Waals surface area contributed by atoms with E-state index >= 15 is 0 Å². The Balaban J connectivity index is 0.000000276. The summed E-state index contributed by atoms with van der Waals surface area (Å²) in [6, 6.07) is 27.5. The summed E-state index contributed by atoms with van der Waals surface area (Å²) in [6.45, 7) is 6.50. The van der Waals surface area contributed by atoms with Crippen molar-refractivity contribution >= 4 is 22.1 Å². The van der Waals surface area contributed by atoms with Crippen molar-refractivity contribution in [3.05, 3.63) is 118 Å². The van der Waals surface area contributed by atoms with Crippen LogP contribution in [0, 0.1) is 0 Å². The monoisotopic (exact) mass is 1050 g/mol. The van der Waals surface area contributed by atoms with Crippen molar-refractivity contribution in [2.45, 2.75) is 139 Å². The third kappa shape index (κ3) is 17.4. The number of rotatable bonds is 30. The molecule has 1 N–H and O–H groups in total.